The standard InChI is InChI=1S/C11H14N4OS/c1-15(11-12-13-14-17-11)8-7-9-3-5-10(16-2)6-4-9/h3-6H,7-8H2,1-2H3. The summed E-state index contributed by atoms with van der Waals surface area (Å²) in [7, 11) is 3.66. The van der Waals surface area contributed by atoms with Crippen molar-refractivity contribution in [1.29, 1.82) is 0 Å². The second-order valence-electron chi connectivity index (χ2n) is 3.66. The maximum absolute atomic E-state index is 5.12. The van der Waals surface area contributed by atoms with Crippen LogP contribution < -0.4 is 9.64 Å². The van der Waals surface area contributed by atoms with E-state index in [1.165, 1.54) is 17.1 Å². The van der Waals surface area contributed by atoms with Crippen LogP contribution in [0.3, 0.4) is 0 Å². The maximum atomic E-state index is 5.12. The van der Waals surface area contributed by atoms with E-state index in [0.29, 0.717) is 0 Å². The summed E-state index contributed by atoms with van der Waals surface area (Å²) in [5, 5.41) is 8.35. The number of benzene rings is 1. The van der Waals surface area contributed by atoms with Gasteiger partial charge in [0.05, 0.1) is 7.11 Å². The van der Waals surface area contributed by atoms with Crippen LogP contribution >= 0.6 is 11.5 Å². The molecule has 17 heavy (non-hydrogen) atoms. The van der Waals surface area contributed by atoms with Crippen LogP contribution in [0.25, 0.3) is 0 Å². The Morgan fingerprint density at radius 1 is 1.29 bits per heavy atom. The average molecular weight is 250 g/mol. The monoisotopic (exact) mass is 250 g/mol. The Morgan fingerprint density at radius 3 is 2.65 bits per heavy atom. The molecule has 1 aromatic carbocycles. The van der Waals surface area contributed by atoms with E-state index in [1.807, 2.05) is 19.2 Å². The molecule has 0 aliphatic carbocycles. The minimum absolute atomic E-state index is 0.846. The molecule has 2 aromatic rings. The molecule has 0 amide bonds. The Bertz CT molecular complexity index is 443. The summed E-state index contributed by atoms with van der Waals surface area (Å²) in [6, 6.07) is 8.10. The summed E-state index contributed by atoms with van der Waals surface area (Å²) in [6.07, 6.45) is 0.958. The molecule has 0 N–H and O–H groups in total. The lowest BCUT2D eigenvalue weighted by Gasteiger charge is -2.14. The molecule has 0 saturated heterocycles. The smallest absolute Gasteiger partial charge is 0.227 e. The van der Waals surface area contributed by atoms with Gasteiger partial charge in [-0.3, -0.25) is 0 Å². The van der Waals surface area contributed by atoms with E-state index in [1.54, 1.807) is 7.11 Å². The summed E-state index contributed by atoms with van der Waals surface area (Å²) in [5.41, 5.74) is 1.27. The zero-order valence-electron chi connectivity index (χ0n) is 9.83. The first kappa shape index (κ1) is 11.8. The number of hydrogen-bond donors (Lipinski definition) is 0. The van der Waals surface area contributed by atoms with Crippen molar-refractivity contribution in [2.75, 3.05) is 25.6 Å². The Morgan fingerprint density at radius 2 is 2.06 bits per heavy atom. The molecule has 1 aromatic heterocycles. The quantitative estimate of drug-likeness (QED) is 0.807. The largest absolute Gasteiger partial charge is 0.497 e. The van der Waals surface area contributed by atoms with E-state index in [4.69, 9.17) is 4.74 Å². The van der Waals surface area contributed by atoms with Gasteiger partial charge in [-0.15, -0.1) is 0 Å². The summed E-state index contributed by atoms with van der Waals surface area (Å²) in [5.74, 6) is 0.885. The van der Waals surface area contributed by atoms with Crippen molar-refractivity contribution in [3.05, 3.63) is 29.8 Å². The van der Waals surface area contributed by atoms with Gasteiger partial charge in [0.2, 0.25) is 5.13 Å². The van der Waals surface area contributed by atoms with Crippen LogP contribution in [-0.4, -0.2) is 35.5 Å². The molecule has 0 unspecified atom stereocenters. The molecule has 1 heterocycles. The van der Waals surface area contributed by atoms with Gasteiger partial charge in [0.15, 0.2) is 0 Å². The van der Waals surface area contributed by atoms with Crippen LogP contribution in [-0.2, 0) is 6.42 Å². The minimum atomic E-state index is 0.846. The van der Waals surface area contributed by atoms with Crippen molar-refractivity contribution < 1.29 is 4.74 Å². The maximum Gasteiger partial charge on any atom is 0.227 e. The number of nitrogens with zero attached hydrogens (tertiary/aromatic N) is 4. The summed E-state index contributed by atoms with van der Waals surface area (Å²) in [4.78, 5) is 2.05. The molecule has 0 atom stereocenters. The van der Waals surface area contributed by atoms with Crippen LogP contribution in [0, 0.1) is 0 Å². The molecule has 0 aliphatic rings. The summed E-state index contributed by atoms with van der Waals surface area (Å²) >= 11 is 1.31. The van der Waals surface area contributed by atoms with Crippen LogP contribution in [0.4, 0.5) is 5.13 Å². The van der Waals surface area contributed by atoms with Gasteiger partial charge in [0.25, 0.3) is 0 Å². The van der Waals surface area contributed by atoms with Crippen molar-refractivity contribution in [2.24, 2.45) is 0 Å². The number of rotatable bonds is 5. The molecule has 0 spiro atoms. The number of likely N-dealkylation sites (N-methyl/N-ethyl adjacent to an activating group) is 1. The van der Waals surface area contributed by atoms with Gasteiger partial charge >= 0.3 is 0 Å². The third kappa shape index (κ3) is 3.13. The predicted molar refractivity (Wildman–Crippen MR) is 67.7 cm³/mol. The molecule has 90 valence electrons. The first-order valence-electron chi connectivity index (χ1n) is 5.28. The van der Waals surface area contributed by atoms with E-state index in [-0.39, 0.29) is 0 Å². The Kier molecular flexibility index (Phi) is 3.87. The van der Waals surface area contributed by atoms with E-state index < -0.39 is 0 Å². The lowest BCUT2D eigenvalue weighted by molar-refractivity contribution is 0.414. The number of anilines is 1. The Labute approximate surface area is 104 Å². The van der Waals surface area contributed by atoms with Crippen molar-refractivity contribution in [1.82, 2.24) is 14.8 Å². The van der Waals surface area contributed by atoms with Crippen LogP contribution in [0.15, 0.2) is 24.3 Å². The molecule has 5 nitrogen and oxygen atoms in total. The van der Waals surface area contributed by atoms with E-state index in [0.717, 1.165) is 23.8 Å². The lowest BCUT2D eigenvalue weighted by atomic mass is 10.1. The van der Waals surface area contributed by atoms with Crippen molar-refractivity contribution in [2.45, 2.75) is 6.42 Å². The van der Waals surface area contributed by atoms with Crippen molar-refractivity contribution in [3.8, 4) is 5.75 Å². The second-order valence-corrected chi connectivity index (χ2v) is 4.38. The van der Waals surface area contributed by atoms with Gasteiger partial charge in [0.1, 0.15) is 5.75 Å². The van der Waals surface area contributed by atoms with Crippen molar-refractivity contribution >= 4 is 16.7 Å². The Hall–Kier alpha value is -1.69. The fourth-order valence-electron chi connectivity index (χ4n) is 1.46. The van der Waals surface area contributed by atoms with E-state index >= 15 is 0 Å². The molecule has 0 radical (unpaired) electrons. The SMILES string of the molecule is COc1ccc(CCN(C)c2nnns2)cc1. The number of ether oxygens (including phenoxy) is 1. The molecule has 0 fully saturated rings. The zero-order chi connectivity index (χ0) is 12.1. The fourth-order valence-corrected chi connectivity index (χ4v) is 1.91. The molecule has 2 rings (SSSR count). The molecule has 0 aliphatic heterocycles. The highest BCUT2D eigenvalue weighted by Crippen LogP contribution is 2.14. The van der Waals surface area contributed by atoms with Crippen LogP contribution in [0.2, 0.25) is 0 Å². The van der Waals surface area contributed by atoms with E-state index in [9.17, 15) is 0 Å². The zero-order valence-corrected chi connectivity index (χ0v) is 10.6. The second kappa shape index (κ2) is 5.58. The highest BCUT2D eigenvalue weighted by molar-refractivity contribution is 7.09. The number of aromatic nitrogens is 3. The van der Waals surface area contributed by atoms with Gasteiger partial charge in [-0.2, -0.15) is 0 Å². The van der Waals surface area contributed by atoms with Gasteiger partial charge in [-0.25, -0.2) is 0 Å². The van der Waals surface area contributed by atoms with Gasteiger partial charge in [-0.05, 0) is 29.3 Å². The molecule has 6 heteroatoms. The summed E-state index contributed by atoms with van der Waals surface area (Å²) in [6.45, 7) is 0.892. The predicted octanol–water partition coefficient (Wildman–Crippen LogP) is 1.62. The molecule has 0 saturated carbocycles. The molecule has 0 bridgehead atoms. The van der Waals surface area contributed by atoms with Gasteiger partial charge < -0.3 is 9.64 Å². The van der Waals surface area contributed by atoms with Crippen LogP contribution in [0.1, 0.15) is 5.56 Å². The first-order chi connectivity index (χ1) is 8.29. The number of methoxy groups -OCH3 is 1. The third-order valence-corrected chi connectivity index (χ3v) is 3.22. The van der Waals surface area contributed by atoms with Gasteiger partial charge in [0, 0.05) is 25.1 Å². The van der Waals surface area contributed by atoms with Crippen LogP contribution in [0.5, 0.6) is 5.75 Å². The summed E-state index contributed by atoms with van der Waals surface area (Å²) < 4.78 is 8.86. The number of hydrogen-bond acceptors (Lipinski definition) is 6. The first-order valence-corrected chi connectivity index (χ1v) is 6.06. The normalized spacial score (nSPS) is 10.2. The molecular formula is C11H14N4OS. The highest BCUT2D eigenvalue weighted by Gasteiger charge is 2.05. The fraction of sp³-hybridized carbons (Fsp3) is 0.364. The Balaban J connectivity index is 1.89. The van der Waals surface area contributed by atoms with E-state index in [2.05, 4.69) is 31.8 Å². The molecular weight excluding hydrogens is 236 g/mol. The lowest BCUT2D eigenvalue weighted by Crippen LogP contribution is -2.20. The topological polar surface area (TPSA) is 51.1 Å². The minimum Gasteiger partial charge on any atom is -0.497 e. The van der Waals surface area contributed by atoms with Gasteiger partial charge in [-0.1, -0.05) is 21.7 Å². The third-order valence-electron chi connectivity index (χ3n) is 2.51. The van der Waals surface area contributed by atoms with Crippen molar-refractivity contribution in [3.63, 3.8) is 0 Å². The average Bonchev–Trinajstić information content (AvgIpc) is 2.90. The highest BCUT2D eigenvalue weighted by atomic mass is 32.1.